The lowest BCUT2D eigenvalue weighted by Crippen LogP contribution is -2.78. The number of anilines is 1. The second-order valence-electron chi connectivity index (χ2n) is 21.6. The van der Waals surface area contributed by atoms with E-state index < -0.39 is 23.2 Å². The zero-order valence-corrected chi connectivity index (χ0v) is 45.5. The van der Waals surface area contributed by atoms with Crippen molar-refractivity contribution < 1.29 is 48.4 Å². The van der Waals surface area contributed by atoms with Crippen LogP contribution in [-0.4, -0.2) is 152 Å². The number of aromatic hydroxyl groups is 1. The van der Waals surface area contributed by atoms with Crippen LogP contribution in [0.25, 0.3) is 5.57 Å². The van der Waals surface area contributed by atoms with E-state index in [1.807, 2.05) is 75.1 Å². The molecule has 9 rings (SSSR count). The number of piperidine rings is 2. The van der Waals surface area contributed by atoms with E-state index in [1.165, 1.54) is 24.0 Å². The van der Waals surface area contributed by atoms with Gasteiger partial charge in [-0.2, -0.15) is 0 Å². The number of phenols is 1. The molecule has 2 bridgehead atoms. The summed E-state index contributed by atoms with van der Waals surface area (Å²) < 4.78 is 17.5. The molecule has 2 saturated heterocycles. The molecule has 18 heteroatoms. The van der Waals surface area contributed by atoms with Crippen LogP contribution in [0.5, 0.6) is 11.5 Å². The standard InChI is InChI=1S/C58H77N7O10.ClH/c1-5-64(6-2)56(71)41-14-12-39(13-15-41)52(40-19-25-59-26-20-40)51-36(3)28-43(29-37(51)4)62-49(69)34-73-32-47(67)60-23-8-7-9-24-61-48(68)33-74-35-50(70)63-44-18-21-58(72)46-30-42-16-17-45(66)54-53(42)57(58,55(44)75-54)22-27-65(46)31-38-10-11-38;/h12-17,28-29,38,44,46,55,59,66,72H,5-11,18-27,30-35H2,1-4H3,(H,60,67)(H,61,68)(H,62,69)(H,63,70);1H/t44-,46-,55+,57+,58-;/m1./s1. The van der Waals surface area contributed by atoms with Crippen molar-refractivity contribution in [3.8, 4) is 11.5 Å². The number of unbranched alkanes of at least 4 members (excludes halogenated alkanes) is 2. The van der Waals surface area contributed by atoms with Crippen molar-refractivity contribution in [2.75, 3.05) is 84.1 Å². The molecule has 3 aromatic carbocycles. The highest BCUT2D eigenvalue weighted by Crippen LogP contribution is 2.65. The van der Waals surface area contributed by atoms with Gasteiger partial charge in [0.05, 0.1) is 17.1 Å². The molecule has 76 heavy (non-hydrogen) atoms. The number of nitrogens with zero attached hydrogens (tertiary/aromatic N) is 2. The maximum Gasteiger partial charge on any atom is 0.253 e. The maximum atomic E-state index is 13.2. The van der Waals surface area contributed by atoms with Crippen molar-refractivity contribution in [2.24, 2.45) is 5.92 Å². The predicted octanol–water partition coefficient (Wildman–Crippen LogP) is 5.22. The van der Waals surface area contributed by atoms with Crippen LogP contribution in [0.1, 0.15) is 122 Å². The molecule has 5 atom stereocenters. The van der Waals surface area contributed by atoms with Gasteiger partial charge in [-0.1, -0.05) is 23.8 Å². The summed E-state index contributed by atoms with van der Waals surface area (Å²) in [6.07, 6.45) is 8.26. The molecular weight excluding hydrogens is 990 g/mol. The number of phenolic OH excluding ortho intramolecular Hbond substituents is 1. The van der Waals surface area contributed by atoms with Gasteiger partial charge in [-0.25, -0.2) is 0 Å². The molecule has 3 aliphatic heterocycles. The molecule has 17 nitrogen and oxygen atoms in total. The molecular formula is C58H78ClN7O10. The fraction of sp³-hybridized carbons (Fsp3) is 0.569. The van der Waals surface area contributed by atoms with Gasteiger partial charge < -0.3 is 55.9 Å². The number of ether oxygens (including phenoxy) is 3. The number of halogens is 1. The lowest BCUT2D eigenvalue weighted by Gasteiger charge is -2.64. The first kappa shape index (κ1) is 56.6. The van der Waals surface area contributed by atoms with Gasteiger partial charge in [0, 0.05) is 55.6 Å². The number of rotatable bonds is 23. The van der Waals surface area contributed by atoms with Gasteiger partial charge in [0.1, 0.15) is 32.5 Å². The van der Waals surface area contributed by atoms with E-state index in [0.717, 1.165) is 78.8 Å². The predicted molar refractivity (Wildman–Crippen MR) is 292 cm³/mol. The Labute approximate surface area is 453 Å². The molecule has 3 heterocycles. The highest BCUT2D eigenvalue weighted by molar-refractivity contribution is 5.96. The van der Waals surface area contributed by atoms with Gasteiger partial charge in [-0.15, -0.1) is 12.4 Å². The Kier molecular flexibility index (Phi) is 18.5. The van der Waals surface area contributed by atoms with Crippen molar-refractivity contribution in [1.82, 2.24) is 31.1 Å². The molecule has 0 radical (unpaired) electrons. The minimum absolute atomic E-state index is 0. The second kappa shape index (κ2) is 24.8. The Hall–Kier alpha value is -5.56. The van der Waals surface area contributed by atoms with Crippen LogP contribution in [0.3, 0.4) is 0 Å². The zero-order valence-electron chi connectivity index (χ0n) is 44.7. The van der Waals surface area contributed by atoms with E-state index >= 15 is 0 Å². The summed E-state index contributed by atoms with van der Waals surface area (Å²) in [5.41, 5.74) is 8.25. The van der Waals surface area contributed by atoms with Gasteiger partial charge in [-0.3, -0.25) is 28.9 Å². The second-order valence-corrected chi connectivity index (χ2v) is 21.6. The van der Waals surface area contributed by atoms with Crippen LogP contribution < -0.4 is 31.3 Å². The van der Waals surface area contributed by atoms with E-state index in [4.69, 9.17) is 14.2 Å². The number of carbonyl (C=O) groups excluding carboxylic acids is 5. The Morgan fingerprint density at radius 2 is 1.42 bits per heavy atom. The smallest absolute Gasteiger partial charge is 0.253 e. The molecule has 7 N–H and O–H groups in total. The number of hydrogen-bond acceptors (Lipinski definition) is 12. The van der Waals surface area contributed by atoms with Gasteiger partial charge in [0.25, 0.3) is 5.91 Å². The van der Waals surface area contributed by atoms with E-state index in [-0.39, 0.29) is 80.2 Å². The third-order valence-corrected chi connectivity index (χ3v) is 16.6. The Bertz CT molecular complexity index is 2630. The van der Waals surface area contributed by atoms with Crippen molar-refractivity contribution in [2.45, 2.75) is 128 Å². The number of hydrogen-bond donors (Lipinski definition) is 7. The number of likely N-dealkylation sites (tertiary alicyclic amines) is 1. The first-order valence-corrected chi connectivity index (χ1v) is 27.4. The quantitative estimate of drug-likeness (QED) is 0.0609. The van der Waals surface area contributed by atoms with E-state index in [2.05, 4.69) is 31.5 Å². The summed E-state index contributed by atoms with van der Waals surface area (Å²) in [6, 6.07) is 15.0. The average molecular weight is 1070 g/mol. The summed E-state index contributed by atoms with van der Waals surface area (Å²) >= 11 is 0. The van der Waals surface area contributed by atoms with Gasteiger partial charge in [0.15, 0.2) is 11.5 Å². The van der Waals surface area contributed by atoms with Crippen LogP contribution in [-0.2, 0) is 40.5 Å². The summed E-state index contributed by atoms with van der Waals surface area (Å²) in [6.45, 7) is 12.7. The molecule has 2 saturated carbocycles. The molecule has 4 fully saturated rings. The number of aryl methyl sites for hydroxylation is 2. The number of nitrogens with one attached hydrogen (secondary N) is 5. The first-order chi connectivity index (χ1) is 36.2. The van der Waals surface area contributed by atoms with Crippen molar-refractivity contribution in [3.63, 3.8) is 0 Å². The Balaban J connectivity index is 0.00000765. The highest BCUT2D eigenvalue weighted by atomic mass is 35.5. The van der Waals surface area contributed by atoms with Crippen LogP contribution in [0.15, 0.2) is 54.1 Å². The van der Waals surface area contributed by atoms with Crippen molar-refractivity contribution >= 4 is 53.2 Å². The first-order valence-electron chi connectivity index (χ1n) is 27.4. The summed E-state index contributed by atoms with van der Waals surface area (Å²) in [5.74, 6) is -0.219. The normalized spacial score (nSPS) is 23.1. The van der Waals surface area contributed by atoms with Crippen molar-refractivity contribution in [1.29, 1.82) is 0 Å². The molecule has 0 aromatic heterocycles. The molecule has 3 aliphatic carbocycles. The van der Waals surface area contributed by atoms with Crippen LogP contribution in [0.4, 0.5) is 5.69 Å². The largest absolute Gasteiger partial charge is 0.504 e. The minimum Gasteiger partial charge on any atom is -0.504 e. The monoisotopic (exact) mass is 1070 g/mol. The van der Waals surface area contributed by atoms with Crippen molar-refractivity contribution in [3.05, 3.63) is 93.0 Å². The molecule has 6 aliphatic rings. The number of aliphatic hydroxyl groups is 1. The lowest BCUT2D eigenvalue weighted by molar-refractivity contribution is -0.192. The third-order valence-electron chi connectivity index (χ3n) is 16.6. The summed E-state index contributed by atoms with van der Waals surface area (Å²) in [5, 5.41) is 38.7. The summed E-state index contributed by atoms with van der Waals surface area (Å²) in [4.78, 5) is 68.5. The minimum atomic E-state index is -1.04. The van der Waals surface area contributed by atoms with Crippen LogP contribution >= 0.6 is 12.4 Å². The fourth-order valence-electron chi connectivity index (χ4n) is 12.9. The SMILES string of the molecule is CCN(CC)C(=O)c1ccc(C(=C2CCNCC2)c2c(C)cc(NC(=O)COCC(=O)NCCCCCNC(=O)COCC(=O)N[C@@H]3CC[C@@]4(O)[C@H]5Cc6ccc(O)c7c6[C@@]4(CCN5CC4CC4)[C@H]3O7)cc2C)cc1.Cl. The number of amides is 5. The van der Waals surface area contributed by atoms with Crippen LogP contribution in [0, 0.1) is 19.8 Å². The Morgan fingerprint density at radius 1 is 0.803 bits per heavy atom. The maximum absolute atomic E-state index is 13.2. The summed E-state index contributed by atoms with van der Waals surface area (Å²) in [7, 11) is 0. The van der Waals surface area contributed by atoms with Crippen LogP contribution in [0.2, 0.25) is 0 Å². The van der Waals surface area contributed by atoms with Gasteiger partial charge in [0.2, 0.25) is 23.6 Å². The Morgan fingerprint density at radius 3 is 2.05 bits per heavy atom. The van der Waals surface area contributed by atoms with Gasteiger partial charge in [-0.05, 0) is 188 Å². The molecule has 0 unspecified atom stereocenters. The molecule has 3 aromatic rings. The van der Waals surface area contributed by atoms with E-state index in [0.29, 0.717) is 87.6 Å². The number of benzene rings is 3. The molecule has 5 amide bonds. The zero-order chi connectivity index (χ0) is 52.9. The lowest BCUT2D eigenvalue weighted by atomic mass is 9.48. The van der Waals surface area contributed by atoms with E-state index in [9.17, 15) is 34.2 Å². The van der Waals surface area contributed by atoms with E-state index in [1.54, 1.807) is 6.07 Å². The average Bonchev–Trinajstić information content (AvgIpc) is 4.33. The third kappa shape index (κ3) is 11.9. The number of carbonyl (C=O) groups is 5. The van der Waals surface area contributed by atoms with Gasteiger partial charge >= 0.3 is 0 Å². The highest BCUT2D eigenvalue weighted by Gasteiger charge is 2.73. The topological polar surface area (TPSA) is 220 Å². The molecule has 412 valence electrons. The molecule has 1 spiro atoms. The fourth-order valence-corrected chi connectivity index (χ4v) is 12.9.